The highest BCUT2D eigenvalue weighted by molar-refractivity contribution is 7.92. The van der Waals surface area contributed by atoms with Gasteiger partial charge in [0.2, 0.25) is 0 Å². The molecule has 204 valence electrons. The van der Waals surface area contributed by atoms with Crippen LogP contribution in [0.3, 0.4) is 0 Å². The molecule has 2 aliphatic rings. The number of benzene rings is 1. The number of carboxylic acids is 1. The Labute approximate surface area is 224 Å². The van der Waals surface area contributed by atoms with Crippen molar-refractivity contribution in [1.29, 1.82) is 0 Å². The molecule has 0 bridgehead atoms. The first-order valence-electron chi connectivity index (χ1n) is 13.4. The Bertz CT molecular complexity index is 1290. The molecule has 2 unspecified atom stereocenters. The van der Waals surface area contributed by atoms with Crippen molar-refractivity contribution in [3.63, 3.8) is 0 Å². The Hall–Kier alpha value is -3.12. The van der Waals surface area contributed by atoms with Crippen LogP contribution in [0, 0.1) is 35.4 Å². The molecule has 2 saturated carbocycles. The average molecular weight is 543 g/mol. The highest BCUT2D eigenvalue weighted by Crippen LogP contribution is 2.38. The van der Waals surface area contributed by atoms with Crippen LogP contribution in [0.2, 0.25) is 0 Å². The summed E-state index contributed by atoms with van der Waals surface area (Å²) in [5.74, 6) is 5.82. The van der Waals surface area contributed by atoms with E-state index in [-0.39, 0.29) is 16.3 Å². The molecule has 1 heterocycles. The Balaban J connectivity index is 1.40. The number of nitrogens with one attached hydrogen (secondary N) is 1. The summed E-state index contributed by atoms with van der Waals surface area (Å²) in [5, 5.41) is 9.08. The van der Waals surface area contributed by atoms with Gasteiger partial charge in [-0.3, -0.25) is 4.72 Å². The molecule has 38 heavy (non-hydrogen) atoms. The second-order valence-corrected chi connectivity index (χ2v) is 12.0. The van der Waals surface area contributed by atoms with Gasteiger partial charge in [-0.1, -0.05) is 57.3 Å². The molecule has 0 aliphatic heterocycles. The summed E-state index contributed by atoms with van der Waals surface area (Å²) in [4.78, 5) is 15.2. The number of hydrogen-bond donors (Lipinski definition) is 2. The monoisotopic (exact) mass is 542 g/mol. The molecule has 4 rings (SSSR count). The molecular weight excluding hydrogens is 507 g/mol. The van der Waals surface area contributed by atoms with E-state index in [0.717, 1.165) is 36.8 Å². The number of aromatic carboxylic acids is 1. The van der Waals surface area contributed by atoms with Gasteiger partial charge in [0, 0.05) is 18.2 Å². The summed E-state index contributed by atoms with van der Waals surface area (Å²) < 4.78 is 47.1. The summed E-state index contributed by atoms with van der Waals surface area (Å²) in [6, 6.07) is 4.65. The minimum absolute atomic E-state index is 0.118. The molecule has 9 heteroatoms. The molecule has 0 amide bonds. The molecule has 0 radical (unpaired) electrons. The zero-order valence-electron chi connectivity index (χ0n) is 21.7. The third kappa shape index (κ3) is 7.04. The van der Waals surface area contributed by atoms with E-state index in [1.54, 1.807) is 6.07 Å². The molecule has 1 aromatic heterocycles. The second-order valence-electron chi connectivity index (χ2n) is 10.3. The minimum atomic E-state index is -4.13. The Morgan fingerprint density at radius 3 is 2.39 bits per heavy atom. The fraction of sp³-hybridized carbons (Fsp3) is 0.517. The number of carbonyl (C=O) groups is 1. The van der Waals surface area contributed by atoms with Gasteiger partial charge in [0.05, 0.1) is 18.4 Å². The lowest BCUT2D eigenvalue weighted by Gasteiger charge is -2.24. The van der Waals surface area contributed by atoms with E-state index in [2.05, 4.69) is 21.5 Å². The van der Waals surface area contributed by atoms with Crippen molar-refractivity contribution in [2.45, 2.75) is 75.5 Å². The molecule has 2 atom stereocenters. The number of anilines is 1. The smallest absolute Gasteiger partial charge is 0.338 e. The predicted molar refractivity (Wildman–Crippen MR) is 143 cm³/mol. The zero-order chi connectivity index (χ0) is 27.1. The third-order valence-corrected chi connectivity index (χ3v) is 9.15. The molecular formula is C29H35FN2O5S. The van der Waals surface area contributed by atoms with Crippen LogP contribution in [0.1, 0.15) is 86.7 Å². The standard InChI is InChI=1S/C29H35FN2O5S/c1-37-28-17-25(29(33)34)26(30)18-27(28)32-38(35,36)24-16-15-23(31-19-24)14-12-20-7-6-10-22(13-11-20)21-8-4-2-3-5-9-21/h15-22,32H,2-11,13H2,1H3,(H,33,34). The third-order valence-electron chi connectivity index (χ3n) is 7.79. The maximum absolute atomic E-state index is 14.1. The Morgan fingerprint density at radius 2 is 1.74 bits per heavy atom. The Morgan fingerprint density at radius 1 is 1.03 bits per heavy atom. The summed E-state index contributed by atoms with van der Waals surface area (Å²) in [7, 11) is -2.89. The van der Waals surface area contributed by atoms with Gasteiger partial charge in [-0.05, 0) is 55.2 Å². The topological polar surface area (TPSA) is 106 Å². The van der Waals surface area contributed by atoms with Gasteiger partial charge in [-0.2, -0.15) is 0 Å². The quantitative estimate of drug-likeness (QED) is 0.330. The summed E-state index contributed by atoms with van der Waals surface area (Å²) in [6.45, 7) is 0. The molecule has 7 nitrogen and oxygen atoms in total. The van der Waals surface area contributed by atoms with Crippen LogP contribution in [0.15, 0.2) is 35.4 Å². The van der Waals surface area contributed by atoms with E-state index in [9.17, 15) is 17.6 Å². The summed E-state index contributed by atoms with van der Waals surface area (Å²) >= 11 is 0. The number of halogens is 1. The van der Waals surface area contributed by atoms with Gasteiger partial charge in [0.25, 0.3) is 10.0 Å². The van der Waals surface area contributed by atoms with Gasteiger partial charge in [0.15, 0.2) is 0 Å². The molecule has 2 fully saturated rings. The van der Waals surface area contributed by atoms with E-state index in [0.29, 0.717) is 11.6 Å². The van der Waals surface area contributed by atoms with Gasteiger partial charge < -0.3 is 9.84 Å². The fourth-order valence-corrected chi connectivity index (χ4v) is 6.69. The van der Waals surface area contributed by atoms with Crippen LogP contribution in [0.25, 0.3) is 0 Å². The highest BCUT2D eigenvalue weighted by atomic mass is 32.2. The number of hydrogen-bond acceptors (Lipinski definition) is 5. The van der Waals surface area contributed by atoms with Gasteiger partial charge in [-0.15, -0.1) is 0 Å². The molecule has 0 spiro atoms. The van der Waals surface area contributed by atoms with Crippen molar-refractivity contribution in [2.24, 2.45) is 17.8 Å². The van der Waals surface area contributed by atoms with Crippen molar-refractivity contribution >= 4 is 21.7 Å². The van der Waals surface area contributed by atoms with Crippen LogP contribution in [0.5, 0.6) is 5.75 Å². The van der Waals surface area contributed by atoms with E-state index in [1.165, 1.54) is 77.2 Å². The van der Waals surface area contributed by atoms with E-state index in [1.807, 2.05) is 0 Å². The zero-order valence-corrected chi connectivity index (χ0v) is 22.5. The van der Waals surface area contributed by atoms with Crippen molar-refractivity contribution in [3.05, 3.63) is 47.5 Å². The van der Waals surface area contributed by atoms with Crippen molar-refractivity contribution in [3.8, 4) is 17.6 Å². The molecule has 2 aliphatic carbocycles. The van der Waals surface area contributed by atoms with E-state index >= 15 is 0 Å². The normalized spacial score (nSPS) is 20.9. The van der Waals surface area contributed by atoms with Crippen LogP contribution in [-0.4, -0.2) is 31.6 Å². The van der Waals surface area contributed by atoms with Gasteiger partial charge in [-0.25, -0.2) is 22.6 Å². The van der Waals surface area contributed by atoms with Crippen LogP contribution < -0.4 is 9.46 Å². The molecule has 2 N–H and O–H groups in total. The lowest BCUT2D eigenvalue weighted by molar-refractivity contribution is 0.0691. The van der Waals surface area contributed by atoms with Crippen LogP contribution in [0.4, 0.5) is 10.1 Å². The maximum Gasteiger partial charge on any atom is 0.338 e. The fourth-order valence-electron chi connectivity index (χ4n) is 5.69. The van der Waals surface area contributed by atoms with Crippen molar-refractivity contribution < 1.29 is 27.4 Å². The maximum atomic E-state index is 14.1. The lowest BCUT2D eigenvalue weighted by atomic mass is 9.81. The second kappa shape index (κ2) is 12.6. The van der Waals surface area contributed by atoms with E-state index < -0.39 is 27.4 Å². The predicted octanol–water partition coefficient (Wildman–Crippen LogP) is 6.25. The summed E-state index contributed by atoms with van der Waals surface area (Å²) in [5.41, 5.74) is -0.347. The van der Waals surface area contributed by atoms with Crippen molar-refractivity contribution in [1.82, 2.24) is 4.98 Å². The number of methoxy groups -OCH3 is 1. The number of pyridine rings is 1. The molecule has 1 aromatic carbocycles. The number of carboxylic acid groups (broad SMARTS) is 1. The van der Waals surface area contributed by atoms with E-state index in [4.69, 9.17) is 9.84 Å². The minimum Gasteiger partial charge on any atom is -0.495 e. The van der Waals surface area contributed by atoms with Crippen LogP contribution >= 0.6 is 0 Å². The van der Waals surface area contributed by atoms with Gasteiger partial charge in [0.1, 0.15) is 22.2 Å². The molecule has 2 aromatic rings. The first kappa shape index (κ1) is 27.9. The number of ether oxygens (including phenoxy) is 1. The summed E-state index contributed by atoms with van der Waals surface area (Å²) in [6.07, 6.45) is 15.4. The van der Waals surface area contributed by atoms with Crippen LogP contribution in [-0.2, 0) is 10.0 Å². The van der Waals surface area contributed by atoms with Gasteiger partial charge >= 0.3 is 5.97 Å². The number of aromatic nitrogens is 1. The number of sulfonamides is 1. The number of rotatable bonds is 6. The first-order chi connectivity index (χ1) is 18.3. The largest absolute Gasteiger partial charge is 0.495 e. The molecule has 0 saturated heterocycles. The first-order valence-corrected chi connectivity index (χ1v) is 14.9. The SMILES string of the molecule is COc1cc(C(=O)O)c(F)cc1NS(=O)(=O)c1ccc(C#CC2CCCC(C3CCCCCC3)CC2)nc1. The average Bonchev–Trinajstić information content (AvgIpc) is 3.31. The number of nitrogens with zero attached hydrogens (tertiary/aromatic N) is 1. The highest BCUT2D eigenvalue weighted by Gasteiger charge is 2.26. The Kier molecular flexibility index (Phi) is 9.26. The van der Waals surface area contributed by atoms with Crippen molar-refractivity contribution in [2.75, 3.05) is 11.8 Å². The lowest BCUT2D eigenvalue weighted by Crippen LogP contribution is -2.15.